The molecule has 3 aliphatic rings. The van der Waals surface area contributed by atoms with Crippen molar-refractivity contribution < 1.29 is 19.5 Å². The second kappa shape index (κ2) is 9.58. The molecule has 7 rings (SSSR count). The number of fused-ring (bicyclic) bond motifs is 3. The van der Waals surface area contributed by atoms with E-state index < -0.39 is 5.60 Å². The van der Waals surface area contributed by atoms with Gasteiger partial charge in [0.1, 0.15) is 22.1 Å². The van der Waals surface area contributed by atoms with E-state index in [1.54, 1.807) is 11.3 Å². The Labute approximate surface area is 234 Å². The predicted octanol–water partition coefficient (Wildman–Crippen LogP) is 7.22. The summed E-state index contributed by atoms with van der Waals surface area (Å²) in [5.41, 5.74) is 3.07. The summed E-state index contributed by atoms with van der Waals surface area (Å²) in [7, 11) is 0. The van der Waals surface area contributed by atoms with Crippen LogP contribution in [-0.2, 0) is 23.6 Å². The zero-order chi connectivity index (χ0) is 26.0. The largest absolute Gasteiger partial charge is 0.392 e. The molecule has 198 valence electrons. The number of nitrogens with zero attached hydrogens (tertiary/aromatic N) is 2. The molecule has 4 aromatic rings. The van der Waals surface area contributed by atoms with Crippen LogP contribution in [0.4, 0.5) is 0 Å². The van der Waals surface area contributed by atoms with Crippen molar-refractivity contribution >= 4 is 44.8 Å². The van der Waals surface area contributed by atoms with Gasteiger partial charge in [0.05, 0.1) is 39.6 Å². The normalized spacial score (nSPS) is 26.9. The number of hydrogen-bond donors (Lipinski definition) is 2. The fourth-order valence-corrected chi connectivity index (χ4v) is 8.33. The minimum Gasteiger partial charge on any atom is -0.392 e. The molecule has 2 aromatic heterocycles. The van der Waals surface area contributed by atoms with E-state index in [4.69, 9.17) is 37.4 Å². The summed E-state index contributed by atoms with van der Waals surface area (Å²) < 4.78 is 13.4. The minimum atomic E-state index is -0.935. The summed E-state index contributed by atoms with van der Waals surface area (Å²) in [5.74, 6) is 1.43. The molecular formula is C29H28Cl2N2O4S. The highest BCUT2D eigenvalue weighted by Crippen LogP contribution is 2.57. The number of aliphatic hydroxyl groups excluding tert-OH is 1. The van der Waals surface area contributed by atoms with E-state index in [0.29, 0.717) is 33.8 Å². The lowest BCUT2D eigenvalue weighted by atomic mass is 9.73. The van der Waals surface area contributed by atoms with E-state index in [9.17, 15) is 10.2 Å². The fourth-order valence-electron chi connectivity index (χ4n) is 6.48. The fraction of sp³-hybridized carbons (Fsp3) is 0.448. The molecule has 2 bridgehead atoms. The van der Waals surface area contributed by atoms with Gasteiger partial charge in [0, 0.05) is 17.0 Å². The average Bonchev–Trinajstić information content (AvgIpc) is 3.50. The molecule has 9 heteroatoms. The highest BCUT2D eigenvalue weighted by Gasteiger charge is 2.56. The monoisotopic (exact) mass is 570 g/mol. The molecule has 3 aliphatic carbocycles. The topological polar surface area (TPSA) is 88.6 Å². The molecule has 0 radical (unpaired) electrons. The molecule has 0 saturated heterocycles. The van der Waals surface area contributed by atoms with Gasteiger partial charge in [-0.1, -0.05) is 40.5 Å². The number of ether oxygens (including phenoxy) is 1. The Morgan fingerprint density at radius 2 is 1.79 bits per heavy atom. The Bertz CT molecular complexity index is 1480. The van der Waals surface area contributed by atoms with E-state index in [2.05, 4.69) is 5.16 Å². The zero-order valence-electron chi connectivity index (χ0n) is 20.7. The van der Waals surface area contributed by atoms with E-state index in [1.165, 1.54) is 0 Å². The van der Waals surface area contributed by atoms with Crippen molar-refractivity contribution in [3.63, 3.8) is 0 Å². The smallest absolute Gasteiger partial charge is 0.145 e. The summed E-state index contributed by atoms with van der Waals surface area (Å²) in [6, 6.07) is 11.2. The van der Waals surface area contributed by atoms with Crippen LogP contribution in [0, 0.1) is 11.8 Å². The van der Waals surface area contributed by atoms with Gasteiger partial charge in [-0.05, 0) is 80.2 Å². The molecule has 0 aliphatic heterocycles. The lowest BCUT2D eigenvalue weighted by Crippen LogP contribution is -2.44. The van der Waals surface area contributed by atoms with E-state index in [0.717, 1.165) is 70.6 Å². The number of thiazole rings is 1. The van der Waals surface area contributed by atoms with Crippen molar-refractivity contribution in [1.82, 2.24) is 10.1 Å². The maximum atomic E-state index is 12.0. The molecule has 4 atom stereocenters. The van der Waals surface area contributed by atoms with Crippen molar-refractivity contribution in [3.8, 4) is 11.3 Å². The number of rotatable bonds is 7. The van der Waals surface area contributed by atoms with Crippen molar-refractivity contribution in [2.45, 2.75) is 69.4 Å². The molecule has 0 spiro atoms. The molecule has 2 N–H and O–H groups in total. The summed E-state index contributed by atoms with van der Waals surface area (Å²) in [4.78, 5) is 4.84. The number of hydrogen-bond acceptors (Lipinski definition) is 7. The summed E-state index contributed by atoms with van der Waals surface area (Å²) >= 11 is 14.6. The lowest BCUT2D eigenvalue weighted by molar-refractivity contribution is -0.116. The van der Waals surface area contributed by atoms with Gasteiger partial charge in [-0.3, -0.25) is 0 Å². The number of benzene rings is 2. The standard InChI is InChI=1S/C29H28Cl2N2O4S/c30-21-2-1-3-22(31)25(21)26-20(27(37-33-26)16-5-6-16)14-36-19-11-17-7-8-18(12-19)29(17,35)28-32-23-9-4-15(13-34)10-24(23)38-28/h1-4,9-10,16-19,34-35H,5-8,11-14H2/t17-,18+,19+,29+. The third kappa shape index (κ3) is 4.10. The third-order valence-electron chi connectivity index (χ3n) is 8.61. The summed E-state index contributed by atoms with van der Waals surface area (Å²) in [5, 5.41) is 27.8. The van der Waals surface area contributed by atoms with Crippen LogP contribution in [0.1, 0.15) is 66.3 Å². The van der Waals surface area contributed by atoms with Crippen LogP contribution >= 0.6 is 34.5 Å². The number of aliphatic hydroxyl groups is 2. The Morgan fingerprint density at radius 3 is 2.47 bits per heavy atom. The van der Waals surface area contributed by atoms with E-state index >= 15 is 0 Å². The van der Waals surface area contributed by atoms with E-state index in [-0.39, 0.29) is 24.5 Å². The van der Waals surface area contributed by atoms with Crippen molar-refractivity contribution in [2.75, 3.05) is 0 Å². The molecule has 2 aromatic carbocycles. The summed E-state index contributed by atoms with van der Waals surface area (Å²) in [6.07, 6.45) is 5.66. The maximum Gasteiger partial charge on any atom is 0.145 e. The van der Waals surface area contributed by atoms with Gasteiger partial charge in [-0.25, -0.2) is 4.98 Å². The molecule has 2 heterocycles. The van der Waals surface area contributed by atoms with Crippen LogP contribution in [0.3, 0.4) is 0 Å². The Balaban J connectivity index is 1.13. The SMILES string of the molecule is OCc1ccc2nc([C@]3(O)[C@@H]4CC[C@H]3C[C@@H](OCc3c(-c5c(Cl)cccc5Cl)noc3C3CC3)C4)sc2c1. The van der Waals surface area contributed by atoms with Crippen molar-refractivity contribution in [3.05, 3.63) is 68.3 Å². The molecule has 38 heavy (non-hydrogen) atoms. The van der Waals surface area contributed by atoms with Crippen LogP contribution in [0.5, 0.6) is 0 Å². The van der Waals surface area contributed by atoms with Crippen LogP contribution < -0.4 is 0 Å². The molecule has 3 fully saturated rings. The van der Waals surface area contributed by atoms with Gasteiger partial charge in [-0.2, -0.15) is 0 Å². The Morgan fingerprint density at radius 1 is 1.05 bits per heavy atom. The first-order chi connectivity index (χ1) is 18.5. The van der Waals surface area contributed by atoms with Crippen molar-refractivity contribution in [2.24, 2.45) is 11.8 Å². The third-order valence-corrected chi connectivity index (χ3v) is 10.4. The predicted molar refractivity (Wildman–Crippen MR) is 147 cm³/mol. The van der Waals surface area contributed by atoms with Gasteiger partial charge >= 0.3 is 0 Å². The molecule has 0 amide bonds. The van der Waals surface area contributed by atoms with Crippen LogP contribution in [0.15, 0.2) is 40.9 Å². The van der Waals surface area contributed by atoms with Gasteiger partial charge in [-0.15, -0.1) is 11.3 Å². The van der Waals surface area contributed by atoms with Crippen LogP contribution in [0.2, 0.25) is 10.0 Å². The number of aromatic nitrogens is 2. The summed E-state index contributed by atoms with van der Waals surface area (Å²) in [6.45, 7) is 0.372. The first-order valence-electron chi connectivity index (χ1n) is 13.2. The highest BCUT2D eigenvalue weighted by atomic mass is 35.5. The molecule has 6 nitrogen and oxygen atoms in total. The molecule has 0 unspecified atom stereocenters. The van der Waals surface area contributed by atoms with Gasteiger partial charge in [0.15, 0.2) is 0 Å². The van der Waals surface area contributed by atoms with Crippen LogP contribution in [-0.4, -0.2) is 26.5 Å². The second-order valence-electron chi connectivity index (χ2n) is 10.9. The number of halogens is 2. The first kappa shape index (κ1) is 25.0. The minimum absolute atomic E-state index is 0.00322. The highest BCUT2D eigenvalue weighted by molar-refractivity contribution is 7.18. The average molecular weight is 572 g/mol. The maximum absolute atomic E-state index is 12.0. The second-order valence-corrected chi connectivity index (χ2v) is 12.8. The van der Waals surface area contributed by atoms with Gasteiger partial charge in [0.2, 0.25) is 0 Å². The van der Waals surface area contributed by atoms with Gasteiger partial charge in [0.25, 0.3) is 0 Å². The first-order valence-corrected chi connectivity index (χ1v) is 14.8. The molecule has 3 saturated carbocycles. The Hall–Kier alpha value is -2.00. The van der Waals surface area contributed by atoms with Gasteiger partial charge < -0.3 is 19.5 Å². The van der Waals surface area contributed by atoms with Crippen LogP contribution in [0.25, 0.3) is 21.5 Å². The lowest BCUT2D eigenvalue weighted by Gasteiger charge is -2.41. The Kier molecular flexibility index (Phi) is 6.30. The quantitative estimate of drug-likeness (QED) is 0.244. The zero-order valence-corrected chi connectivity index (χ0v) is 23.0. The molecular weight excluding hydrogens is 543 g/mol. The van der Waals surface area contributed by atoms with E-state index in [1.807, 2.05) is 36.4 Å². The van der Waals surface area contributed by atoms with Crippen molar-refractivity contribution in [1.29, 1.82) is 0 Å².